The summed E-state index contributed by atoms with van der Waals surface area (Å²) in [6.45, 7) is 3.93. The van der Waals surface area contributed by atoms with Crippen LogP contribution < -0.4 is 10.0 Å². The van der Waals surface area contributed by atoms with Gasteiger partial charge in [-0.1, -0.05) is 31.4 Å². The molecule has 0 radical (unpaired) electrons. The molecular formula is C21H26N2O3S. The molecule has 1 aliphatic carbocycles. The van der Waals surface area contributed by atoms with Crippen molar-refractivity contribution in [2.45, 2.75) is 56.9 Å². The van der Waals surface area contributed by atoms with E-state index in [1.807, 2.05) is 32.0 Å². The maximum atomic E-state index is 12.7. The molecule has 144 valence electrons. The van der Waals surface area contributed by atoms with Crippen molar-refractivity contribution in [2.24, 2.45) is 0 Å². The lowest BCUT2D eigenvalue weighted by Crippen LogP contribution is -2.36. The Bertz CT molecular complexity index is 912. The van der Waals surface area contributed by atoms with Crippen LogP contribution in [0.3, 0.4) is 0 Å². The molecule has 0 heterocycles. The largest absolute Gasteiger partial charge is 0.322 e. The fourth-order valence-corrected chi connectivity index (χ4v) is 4.91. The Morgan fingerprint density at radius 1 is 0.963 bits per heavy atom. The predicted octanol–water partition coefficient (Wildman–Crippen LogP) is 4.17. The summed E-state index contributed by atoms with van der Waals surface area (Å²) in [5.41, 5.74) is 3.13. The third kappa shape index (κ3) is 5.17. The number of anilines is 1. The summed E-state index contributed by atoms with van der Waals surface area (Å²) >= 11 is 0. The first-order valence-corrected chi connectivity index (χ1v) is 10.8. The van der Waals surface area contributed by atoms with Gasteiger partial charge in [0.2, 0.25) is 10.0 Å². The molecule has 1 fully saturated rings. The van der Waals surface area contributed by atoms with Crippen molar-refractivity contribution in [1.29, 1.82) is 0 Å². The van der Waals surface area contributed by atoms with E-state index in [1.165, 1.54) is 12.1 Å². The molecule has 1 aliphatic rings. The van der Waals surface area contributed by atoms with Crippen LogP contribution in [0.15, 0.2) is 47.4 Å². The van der Waals surface area contributed by atoms with Crippen molar-refractivity contribution < 1.29 is 13.2 Å². The van der Waals surface area contributed by atoms with Gasteiger partial charge in [0.25, 0.3) is 5.91 Å². The van der Waals surface area contributed by atoms with Crippen LogP contribution in [0.5, 0.6) is 0 Å². The first kappa shape index (κ1) is 19.6. The van der Waals surface area contributed by atoms with Crippen molar-refractivity contribution in [2.75, 3.05) is 5.32 Å². The second-order valence-corrected chi connectivity index (χ2v) is 9.03. The molecular weight excluding hydrogens is 360 g/mol. The molecule has 0 spiro atoms. The zero-order valence-corrected chi connectivity index (χ0v) is 16.6. The van der Waals surface area contributed by atoms with E-state index in [1.54, 1.807) is 12.1 Å². The highest BCUT2D eigenvalue weighted by atomic mass is 32.2. The van der Waals surface area contributed by atoms with E-state index < -0.39 is 10.0 Å². The van der Waals surface area contributed by atoms with Crippen molar-refractivity contribution in [1.82, 2.24) is 4.72 Å². The van der Waals surface area contributed by atoms with Gasteiger partial charge in [-0.15, -0.1) is 0 Å². The highest BCUT2D eigenvalue weighted by Crippen LogP contribution is 2.21. The molecule has 0 unspecified atom stereocenters. The van der Waals surface area contributed by atoms with Gasteiger partial charge in [-0.05, 0) is 68.1 Å². The van der Waals surface area contributed by atoms with Gasteiger partial charge >= 0.3 is 0 Å². The summed E-state index contributed by atoms with van der Waals surface area (Å²) in [7, 11) is -3.63. The van der Waals surface area contributed by atoms with Crippen molar-refractivity contribution in [3.05, 3.63) is 59.2 Å². The van der Waals surface area contributed by atoms with E-state index >= 15 is 0 Å². The highest BCUT2D eigenvalue weighted by Gasteiger charge is 2.22. The minimum atomic E-state index is -3.63. The number of sulfonamides is 1. The first-order chi connectivity index (χ1) is 12.8. The summed E-state index contributed by atoms with van der Waals surface area (Å²) in [5, 5.41) is 2.85. The Kier molecular flexibility index (Phi) is 5.97. The molecule has 0 atom stereocenters. The Hall–Kier alpha value is -2.18. The van der Waals surface area contributed by atoms with E-state index in [0.717, 1.165) is 43.2 Å². The molecule has 2 aromatic rings. The van der Waals surface area contributed by atoms with E-state index in [-0.39, 0.29) is 16.8 Å². The summed E-state index contributed by atoms with van der Waals surface area (Å²) in [4.78, 5) is 12.7. The zero-order valence-electron chi connectivity index (χ0n) is 15.8. The van der Waals surface area contributed by atoms with Gasteiger partial charge in [0.05, 0.1) is 4.90 Å². The molecule has 0 aromatic heterocycles. The van der Waals surface area contributed by atoms with Gasteiger partial charge in [-0.2, -0.15) is 0 Å². The Balaban J connectivity index is 1.76. The summed E-state index contributed by atoms with van der Waals surface area (Å²) in [5.74, 6) is -0.324. The molecule has 0 saturated heterocycles. The maximum Gasteiger partial charge on any atom is 0.255 e. The fourth-order valence-electron chi connectivity index (χ4n) is 3.56. The Morgan fingerprint density at radius 3 is 2.30 bits per heavy atom. The Labute approximate surface area is 161 Å². The molecule has 1 amide bonds. The van der Waals surface area contributed by atoms with Crippen LogP contribution in [0.2, 0.25) is 0 Å². The van der Waals surface area contributed by atoms with Gasteiger partial charge in [-0.25, -0.2) is 13.1 Å². The highest BCUT2D eigenvalue weighted by molar-refractivity contribution is 7.89. The third-order valence-corrected chi connectivity index (χ3v) is 6.33. The van der Waals surface area contributed by atoms with Crippen LogP contribution in [0.25, 0.3) is 0 Å². The van der Waals surface area contributed by atoms with Gasteiger partial charge in [-0.3, -0.25) is 4.79 Å². The average Bonchev–Trinajstić information content (AvgIpc) is 2.61. The molecule has 3 rings (SSSR count). The number of hydrogen-bond donors (Lipinski definition) is 2. The molecule has 0 aliphatic heterocycles. The molecule has 2 aromatic carbocycles. The zero-order chi connectivity index (χ0) is 19.4. The van der Waals surface area contributed by atoms with Crippen LogP contribution in [-0.2, 0) is 10.0 Å². The SMILES string of the molecule is Cc1cc(C)cc(NC(=O)c2cccc(S(=O)(=O)NC3CCCCC3)c2)c1. The molecule has 1 saturated carbocycles. The minimum absolute atomic E-state index is 0.0171. The van der Waals surface area contributed by atoms with Gasteiger partial charge in [0.15, 0.2) is 0 Å². The molecule has 0 bridgehead atoms. The number of benzene rings is 2. The number of rotatable bonds is 5. The van der Waals surface area contributed by atoms with Crippen molar-refractivity contribution >= 4 is 21.6 Å². The second kappa shape index (κ2) is 8.23. The van der Waals surface area contributed by atoms with Crippen LogP contribution in [0, 0.1) is 13.8 Å². The number of carbonyl (C=O) groups is 1. The van der Waals surface area contributed by atoms with Gasteiger partial charge in [0.1, 0.15) is 0 Å². The number of hydrogen-bond acceptors (Lipinski definition) is 3. The lowest BCUT2D eigenvalue weighted by molar-refractivity contribution is 0.102. The van der Waals surface area contributed by atoms with Gasteiger partial charge < -0.3 is 5.32 Å². The first-order valence-electron chi connectivity index (χ1n) is 9.35. The number of aryl methyl sites for hydroxylation is 2. The summed E-state index contributed by atoms with van der Waals surface area (Å²) in [6.07, 6.45) is 4.99. The lowest BCUT2D eigenvalue weighted by atomic mass is 9.96. The topological polar surface area (TPSA) is 75.3 Å². The smallest absolute Gasteiger partial charge is 0.255 e. The predicted molar refractivity (Wildman–Crippen MR) is 108 cm³/mol. The lowest BCUT2D eigenvalue weighted by Gasteiger charge is -2.22. The molecule has 5 nitrogen and oxygen atoms in total. The monoisotopic (exact) mass is 386 g/mol. The molecule has 6 heteroatoms. The van der Waals surface area contributed by atoms with E-state index in [4.69, 9.17) is 0 Å². The fraction of sp³-hybridized carbons (Fsp3) is 0.381. The maximum absolute atomic E-state index is 12.7. The average molecular weight is 387 g/mol. The quantitative estimate of drug-likeness (QED) is 0.810. The molecule has 2 N–H and O–H groups in total. The van der Waals surface area contributed by atoms with Crippen molar-refractivity contribution in [3.63, 3.8) is 0 Å². The summed E-state index contributed by atoms with van der Waals surface area (Å²) in [6, 6.07) is 12.0. The molecule has 27 heavy (non-hydrogen) atoms. The van der Waals surface area contributed by atoms with Crippen LogP contribution in [0.4, 0.5) is 5.69 Å². The number of amides is 1. The van der Waals surface area contributed by atoms with Gasteiger partial charge in [0, 0.05) is 17.3 Å². The van der Waals surface area contributed by atoms with E-state index in [2.05, 4.69) is 10.0 Å². The normalized spacial score (nSPS) is 15.5. The third-order valence-electron chi connectivity index (χ3n) is 4.81. The standard InChI is InChI=1S/C21H26N2O3S/c1-15-11-16(2)13-19(12-15)22-21(24)17-7-6-10-20(14-17)27(25,26)23-18-8-4-3-5-9-18/h6-7,10-14,18,23H,3-5,8-9H2,1-2H3,(H,22,24). The number of nitrogens with one attached hydrogen (secondary N) is 2. The van der Waals surface area contributed by atoms with Crippen LogP contribution in [0.1, 0.15) is 53.6 Å². The summed E-state index contributed by atoms with van der Waals surface area (Å²) < 4.78 is 28.1. The second-order valence-electron chi connectivity index (χ2n) is 7.31. The van der Waals surface area contributed by atoms with E-state index in [0.29, 0.717) is 11.3 Å². The van der Waals surface area contributed by atoms with Crippen LogP contribution in [-0.4, -0.2) is 20.4 Å². The Morgan fingerprint density at radius 2 is 1.63 bits per heavy atom. The van der Waals surface area contributed by atoms with E-state index in [9.17, 15) is 13.2 Å². The van der Waals surface area contributed by atoms with Crippen molar-refractivity contribution in [3.8, 4) is 0 Å². The van der Waals surface area contributed by atoms with Crippen LogP contribution >= 0.6 is 0 Å². The number of carbonyl (C=O) groups excluding carboxylic acids is 1. The minimum Gasteiger partial charge on any atom is -0.322 e.